The van der Waals surface area contributed by atoms with Crippen LogP contribution in [-0.4, -0.2) is 32.8 Å². The number of aliphatic hydroxyl groups excluding tert-OH is 1. The van der Waals surface area contributed by atoms with Crippen LogP contribution < -0.4 is 0 Å². The van der Waals surface area contributed by atoms with Gasteiger partial charge in [-0.3, -0.25) is 0 Å². The molecule has 2 unspecified atom stereocenters. The lowest BCUT2D eigenvalue weighted by atomic mass is 10.1. The molecule has 2 rings (SSSR count). The van der Waals surface area contributed by atoms with Crippen LogP contribution in [-0.2, 0) is 11.8 Å². The summed E-state index contributed by atoms with van der Waals surface area (Å²) in [4.78, 5) is 0. The summed E-state index contributed by atoms with van der Waals surface area (Å²) in [6.07, 6.45) is 3.17. The second-order valence-electron chi connectivity index (χ2n) is 3.98. The minimum Gasteiger partial charge on any atom is -0.384 e. The van der Waals surface area contributed by atoms with E-state index in [0.717, 1.165) is 18.5 Å². The van der Waals surface area contributed by atoms with E-state index >= 15 is 0 Å². The minimum atomic E-state index is -0.613. The van der Waals surface area contributed by atoms with Crippen LogP contribution in [0.25, 0.3) is 0 Å². The molecule has 0 aliphatic heterocycles. The highest BCUT2D eigenvalue weighted by Crippen LogP contribution is 2.39. The molecule has 15 heavy (non-hydrogen) atoms. The number of aromatic nitrogens is 3. The quantitative estimate of drug-likeness (QED) is 0.777. The monoisotopic (exact) mass is 211 g/mol. The van der Waals surface area contributed by atoms with Crippen LogP contribution >= 0.6 is 0 Å². The van der Waals surface area contributed by atoms with E-state index in [9.17, 15) is 5.11 Å². The van der Waals surface area contributed by atoms with Gasteiger partial charge in [-0.2, -0.15) is 0 Å². The summed E-state index contributed by atoms with van der Waals surface area (Å²) in [5.41, 5.74) is 0.723. The Labute approximate surface area is 89.0 Å². The largest absolute Gasteiger partial charge is 0.384 e. The third-order valence-electron chi connectivity index (χ3n) is 2.81. The number of ether oxygens (including phenoxy) is 1. The van der Waals surface area contributed by atoms with Crippen LogP contribution in [0.3, 0.4) is 0 Å². The van der Waals surface area contributed by atoms with Crippen molar-refractivity contribution in [3.63, 3.8) is 0 Å². The van der Waals surface area contributed by atoms with Crippen molar-refractivity contribution < 1.29 is 9.84 Å². The average Bonchev–Trinajstić information content (AvgIpc) is 2.97. The summed E-state index contributed by atoms with van der Waals surface area (Å²) >= 11 is 0. The van der Waals surface area contributed by atoms with Gasteiger partial charge in [0.1, 0.15) is 6.10 Å². The molecule has 1 heterocycles. The highest BCUT2D eigenvalue weighted by Gasteiger charge is 2.38. The predicted molar refractivity (Wildman–Crippen MR) is 54.1 cm³/mol. The van der Waals surface area contributed by atoms with Crippen LogP contribution in [0.4, 0.5) is 0 Å². The fourth-order valence-corrected chi connectivity index (χ4v) is 1.84. The van der Waals surface area contributed by atoms with Gasteiger partial charge >= 0.3 is 0 Å². The van der Waals surface area contributed by atoms with Crippen LogP contribution in [0, 0.1) is 5.92 Å². The smallest absolute Gasteiger partial charge is 0.124 e. The molecule has 84 valence electrons. The highest BCUT2D eigenvalue weighted by atomic mass is 16.5. The SMILES string of the molecule is CCOC(C1CC1)C(O)c1cnnn1C. The Morgan fingerprint density at radius 3 is 2.87 bits per heavy atom. The van der Waals surface area contributed by atoms with Crippen molar-refractivity contribution in [1.29, 1.82) is 0 Å². The molecule has 1 saturated carbocycles. The van der Waals surface area contributed by atoms with E-state index in [4.69, 9.17) is 4.74 Å². The zero-order chi connectivity index (χ0) is 10.8. The molecule has 1 aromatic heterocycles. The predicted octanol–water partition coefficient (Wildman–Crippen LogP) is 0.664. The number of aliphatic hydroxyl groups is 1. The Morgan fingerprint density at radius 1 is 1.67 bits per heavy atom. The molecule has 5 nitrogen and oxygen atoms in total. The van der Waals surface area contributed by atoms with E-state index in [1.807, 2.05) is 6.92 Å². The molecule has 1 aliphatic rings. The molecule has 0 amide bonds. The van der Waals surface area contributed by atoms with E-state index in [1.165, 1.54) is 0 Å². The molecule has 5 heteroatoms. The molecule has 0 bridgehead atoms. The Hall–Kier alpha value is -0.940. The first-order valence-electron chi connectivity index (χ1n) is 5.38. The number of hydrogen-bond donors (Lipinski definition) is 1. The summed E-state index contributed by atoms with van der Waals surface area (Å²) < 4.78 is 7.18. The second-order valence-corrected chi connectivity index (χ2v) is 3.98. The van der Waals surface area contributed by atoms with Crippen molar-refractivity contribution in [2.24, 2.45) is 13.0 Å². The Balaban J connectivity index is 2.10. The topological polar surface area (TPSA) is 60.2 Å². The first kappa shape index (κ1) is 10.6. The molecule has 1 aliphatic carbocycles. The van der Waals surface area contributed by atoms with Gasteiger partial charge in [0.05, 0.1) is 18.0 Å². The molecule has 0 radical (unpaired) electrons. The molecule has 0 saturated heterocycles. The maximum atomic E-state index is 10.2. The lowest BCUT2D eigenvalue weighted by Gasteiger charge is -2.22. The third-order valence-corrected chi connectivity index (χ3v) is 2.81. The average molecular weight is 211 g/mol. The number of hydrogen-bond acceptors (Lipinski definition) is 4. The summed E-state index contributed by atoms with van der Waals surface area (Å²) in [7, 11) is 1.78. The van der Waals surface area contributed by atoms with Gasteiger partial charge in [-0.25, -0.2) is 4.68 Å². The first-order valence-corrected chi connectivity index (χ1v) is 5.38. The van der Waals surface area contributed by atoms with Crippen molar-refractivity contribution in [3.8, 4) is 0 Å². The molecule has 1 aromatic rings. The Morgan fingerprint density at radius 2 is 2.40 bits per heavy atom. The van der Waals surface area contributed by atoms with E-state index < -0.39 is 6.10 Å². The van der Waals surface area contributed by atoms with Crippen molar-refractivity contribution >= 4 is 0 Å². The van der Waals surface area contributed by atoms with Crippen LogP contribution in [0.15, 0.2) is 6.20 Å². The lowest BCUT2D eigenvalue weighted by molar-refractivity contribution is -0.0492. The van der Waals surface area contributed by atoms with Gasteiger partial charge in [-0.1, -0.05) is 5.21 Å². The summed E-state index contributed by atoms with van der Waals surface area (Å²) in [5.74, 6) is 0.495. The molecular formula is C10H17N3O2. The van der Waals surface area contributed by atoms with Crippen LogP contribution in [0.1, 0.15) is 31.6 Å². The van der Waals surface area contributed by atoms with E-state index in [0.29, 0.717) is 12.5 Å². The third kappa shape index (κ3) is 2.18. The van der Waals surface area contributed by atoms with Crippen LogP contribution in [0.2, 0.25) is 0 Å². The molecule has 0 aromatic carbocycles. The standard InChI is InChI=1S/C10H17N3O2/c1-3-15-10(7-4-5-7)9(14)8-6-11-12-13(8)2/h6-7,9-10,14H,3-5H2,1-2H3. The number of nitrogens with zero attached hydrogens (tertiary/aromatic N) is 3. The van der Waals surface area contributed by atoms with Gasteiger partial charge in [0.15, 0.2) is 0 Å². The lowest BCUT2D eigenvalue weighted by Crippen LogP contribution is -2.26. The highest BCUT2D eigenvalue weighted by molar-refractivity contribution is 5.04. The molecule has 1 fully saturated rings. The van der Waals surface area contributed by atoms with Crippen molar-refractivity contribution in [2.45, 2.75) is 32.0 Å². The van der Waals surface area contributed by atoms with Crippen LogP contribution in [0.5, 0.6) is 0 Å². The first-order chi connectivity index (χ1) is 7.24. The normalized spacial score (nSPS) is 20.2. The van der Waals surface area contributed by atoms with E-state index in [2.05, 4.69) is 10.3 Å². The number of rotatable bonds is 5. The van der Waals surface area contributed by atoms with Gasteiger partial charge in [-0.05, 0) is 25.7 Å². The fraction of sp³-hybridized carbons (Fsp3) is 0.800. The Kier molecular flexibility index (Phi) is 3.02. The molecule has 1 N–H and O–H groups in total. The molecular weight excluding hydrogens is 194 g/mol. The van der Waals surface area contributed by atoms with Crippen molar-refractivity contribution in [2.75, 3.05) is 6.61 Å². The maximum absolute atomic E-state index is 10.2. The number of aryl methyl sites for hydroxylation is 1. The van der Waals surface area contributed by atoms with Crippen molar-refractivity contribution in [3.05, 3.63) is 11.9 Å². The summed E-state index contributed by atoms with van der Waals surface area (Å²) in [6, 6.07) is 0. The fourth-order valence-electron chi connectivity index (χ4n) is 1.84. The van der Waals surface area contributed by atoms with E-state index in [1.54, 1.807) is 17.9 Å². The van der Waals surface area contributed by atoms with Gasteiger partial charge in [-0.15, -0.1) is 5.10 Å². The van der Waals surface area contributed by atoms with E-state index in [-0.39, 0.29) is 6.10 Å². The summed E-state index contributed by atoms with van der Waals surface area (Å²) in [6.45, 7) is 2.58. The zero-order valence-corrected chi connectivity index (χ0v) is 9.13. The van der Waals surface area contributed by atoms with Crippen molar-refractivity contribution in [1.82, 2.24) is 15.0 Å². The zero-order valence-electron chi connectivity index (χ0n) is 9.13. The van der Waals surface area contributed by atoms with Gasteiger partial charge in [0.2, 0.25) is 0 Å². The maximum Gasteiger partial charge on any atom is 0.124 e. The van der Waals surface area contributed by atoms with Gasteiger partial charge in [0.25, 0.3) is 0 Å². The summed E-state index contributed by atoms with van der Waals surface area (Å²) in [5, 5.41) is 17.7. The Bertz CT molecular complexity index is 322. The minimum absolute atomic E-state index is 0.104. The van der Waals surface area contributed by atoms with Gasteiger partial charge in [0, 0.05) is 13.7 Å². The van der Waals surface area contributed by atoms with Gasteiger partial charge < -0.3 is 9.84 Å². The second kappa shape index (κ2) is 4.28. The molecule has 2 atom stereocenters. The molecule has 0 spiro atoms.